The molecule has 2 N–H and O–H groups in total. The molecule has 0 aliphatic rings. The lowest BCUT2D eigenvalue weighted by Gasteiger charge is -1.99. The summed E-state index contributed by atoms with van der Waals surface area (Å²) in [5.41, 5.74) is 6.82. The van der Waals surface area contributed by atoms with E-state index >= 15 is 0 Å². The fourth-order valence-corrected chi connectivity index (χ4v) is 2.64. The van der Waals surface area contributed by atoms with Crippen molar-refractivity contribution in [1.29, 1.82) is 0 Å². The maximum atomic E-state index is 11.0. The molecule has 3 rings (SSSR count). The van der Waals surface area contributed by atoms with Gasteiger partial charge in [-0.25, -0.2) is 4.52 Å². The molecule has 5 nitrogen and oxygen atoms in total. The average Bonchev–Trinajstić information content (AvgIpc) is 2.96. The van der Waals surface area contributed by atoms with Gasteiger partial charge in [-0.05, 0) is 6.07 Å². The zero-order chi connectivity index (χ0) is 11.8. The minimum atomic E-state index is -0.380. The summed E-state index contributed by atoms with van der Waals surface area (Å²) in [4.78, 5) is 12.1. The number of nitrogens with two attached hydrogens (primary N) is 1. The fraction of sp³-hybridized carbons (Fsp3) is 0.0909. The van der Waals surface area contributed by atoms with Crippen molar-refractivity contribution < 1.29 is 4.79 Å². The summed E-state index contributed by atoms with van der Waals surface area (Å²) in [5.74, 6) is -0.380. The van der Waals surface area contributed by atoms with Crippen LogP contribution >= 0.6 is 11.3 Å². The Kier molecular flexibility index (Phi) is 2.22. The van der Waals surface area contributed by atoms with Gasteiger partial charge in [0.2, 0.25) is 5.91 Å². The molecule has 0 bridgehead atoms. The lowest BCUT2D eigenvalue weighted by atomic mass is 10.3. The monoisotopic (exact) mass is 246 g/mol. The number of primary amides is 1. The van der Waals surface area contributed by atoms with Crippen LogP contribution in [0.15, 0.2) is 36.1 Å². The van der Waals surface area contributed by atoms with Crippen LogP contribution in [-0.4, -0.2) is 20.1 Å². The van der Waals surface area contributed by atoms with E-state index in [0.29, 0.717) is 5.56 Å². The third kappa shape index (κ3) is 1.72. The van der Waals surface area contributed by atoms with Gasteiger partial charge in [-0.15, -0.1) is 11.3 Å². The van der Waals surface area contributed by atoms with Crippen LogP contribution in [0.25, 0.3) is 5.65 Å². The highest BCUT2D eigenvalue weighted by atomic mass is 32.1. The van der Waals surface area contributed by atoms with Crippen molar-refractivity contribution in [2.45, 2.75) is 6.54 Å². The topological polar surface area (TPSA) is 65.3 Å². The number of amides is 1. The molecule has 86 valence electrons. The van der Waals surface area contributed by atoms with Crippen molar-refractivity contribution in [3.63, 3.8) is 0 Å². The molecule has 0 fully saturated rings. The standard InChI is InChI=1S/C11H10N4OS/c12-11(16)8-5-9(17-7-8)6-14-3-4-15-10(14)1-2-13-15/h1-5,7H,6H2,(H2,12,16). The highest BCUT2D eigenvalue weighted by Crippen LogP contribution is 2.17. The van der Waals surface area contributed by atoms with Gasteiger partial charge >= 0.3 is 0 Å². The molecule has 0 aliphatic heterocycles. The van der Waals surface area contributed by atoms with Crippen LogP contribution < -0.4 is 5.73 Å². The van der Waals surface area contributed by atoms with E-state index < -0.39 is 0 Å². The molecule has 3 aromatic heterocycles. The Bertz CT molecular complexity index is 678. The molecule has 6 heteroatoms. The summed E-state index contributed by atoms with van der Waals surface area (Å²) >= 11 is 1.54. The Hall–Kier alpha value is -2.08. The molecule has 0 unspecified atom stereocenters. The first-order valence-electron chi connectivity index (χ1n) is 5.10. The lowest BCUT2D eigenvalue weighted by Crippen LogP contribution is -2.09. The molecule has 1 amide bonds. The molecule has 0 spiro atoms. The number of aromatic nitrogens is 3. The molecular formula is C11H10N4OS. The van der Waals surface area contributed by atoms with E-state index in [0.717, 1.165) is 17.1 Å². The number of hydrogen-bond acceptors (Lipinski definition) is 3. The van der Waals surface area contributed by atoms with Crippen LogP contribution in [0.5, 0.6) is 0 Å². The average molecular weight is 246 g/mol. The zero-order valence-electron chi connectivity index (χ0n) is 8.91. The fourth-order valence-electron chi connectivity index (χ4n) is 1.76. The minimum absolute atomic E-state index is 0.380. The second kappa shape index (κ2) is 3.74. The van der Waals surface area contributed by atoms with Crippen LogP contribution in [0.1, 0.15) is 15.2 Å². The van der Waals surface area contributed by atoms with E-state index in [4.69, 9.17) is 5.73 Å². The summed E-state index contributed by atoms with van der Waals surface area (Å²) in [6, 6.07) is 3.78. The molecule has 0 saturated carbocycles. The van der Waals surface area contributed by atoms with Crippen LogP contribution in [0.4, 0.5) is 0 Å². The van der Waals surface area contributed by atoms with Gasteiger partial charge in [0.25, 0.3) is 0 Å². The van der Waals surface area contributed by atoms with Crippen molar-refractivity contribution >= 4 is 22.9 Å². The normalized spacial score (nSPS) is 11.1. The summed E-state index contributed by atoms with van der Waals surface area (Å²) in [5, 5.41) is 5.93. The summed E-state index contributed by atoms with van der Waals surface area (Å²) in [7, 11) is 0. The number of rotatable bonds is 3. The molecule has 0 aliphatic carbocycles. The van der Waals surface area contributed by atoms with E-state index in [2.05, 4.69) is 9.67 Å². The number of fused-ring (bicyclic) bond motifs is 1. The van der Waals surface area contributed by atoms with Gasteiger partial charge in [0.15, 0.2) is 0 Å². The number of nitrogens with zero attached hydrogens (tertiary/aromatic N) is 3. The second-order valence-corrected chi connectivity index (χ2v) is 4.72. The van der Waals surface area contributed by atoms with Gasteiger partial charge < -0.3 is 10.3 Å². The smallest absolute Gasteiger partial charge is 0.249 e. The van der Waals surface area contributed by atoms with E-state index in [-0.39, 0.29) is 5.91 Å². The van der Waals surface area contributed by atoms with Gasteiger partial charge in [0, 0.05) is 28.7 Å². The highest BCUT2D eigenvalue weighted by Gasteiger charge is 2.07. The minimum Gasteiger partial charge on any atom is -0.366 e. The molecular weight excluding hydrogens is 236 g/mol. The Labute approximate surface area is 101 Å². The summed E-state index contributed by atoms with van der Waals surface area (Å²) in [6.45, 7) is 0.722. The number of thiophene rings is 1. The maximum Gasteiger partial charge on any atom is 0.249 e. The second-order valence-electron chi connectivity index (χ2n) is 3.73. The maximum absolute atomic E-state index is 11.0. The first-order valence-corrected chi connectivity index (χ1v) is 5.98. The third-order valence-corrected chi connectivity index (χ3v) is 3.52. The molecule has 0 aromatic carbocycles. The predicted molar refractivity (Wildman–Crippen MR) is 65.1 cm³/mol. The van der Waals surface area contributed by atoms with Gasteiger partial charge in [-0.3, -0.25) is 4.79 Å². The largest absolute Gasteiger partial charge is 0.366 e. The van der Waals surface area contributed by atoms with Crippen molar-refractivity contribution in [3.05, 3.63) is 46.5 Å². The van der Waals surface area contributed by atoms with Crippen LogP contribution in [0.3, 0.4) is 0 Å². The first kappa shape index (κ1) is 10.1. The molecule has 3 heterocycles. The van der Waals surface area contributed by atoms with Crippen molar-refractivity contribution in [1.82, 2.24) is 14.2 Å². The number of carbonyl (C=O) groups excluding carboxylic acids is 1. The SMILES string of the molecule is NC(=O)c1csc(Cn2ccn3nccc23)c1. The third-order valence-electron chi connectivity index (χ3n) is 2.60. The molecule has 0 radical (unpaired) electrons. The van der Waals surface area contributed by atoms with E-state index in [9.17, 15) is 4.79 Å². The molecule has 0 atom stereocenters. The van der Waals surface area contributed by atoms with Crippen molar-refractivity contribution in [2.75, 3.05) is 0 Å². The Morgan fingerprint density at radius 2 is 2.35 bits per heavy atom. The number of hydrogen-bond donors (Lipinski definition) is 1. The highest BCUT2D eigenvalue weighted by molar-refractivity contribution is 7.10. The zero-order valence-corrected chi connectivity index (χ0v) is 9.72. The Morgan fingerprint density at radius 1 is 1.47 bits per heavy atom. The van der Waals surface area contributed by atoms with Gasteiger partial charge in [-0.2, -0.15) is 5.10 Å². The van der Waals surface area contributed by atoms with E-state index in [1.54, 1.807) is 11.6 Å². The molecule has 0 saturated heterocycles. The number of imidazole rings is 1. The molecule has 3 aromatic rings. The van der Waals surface area contributed by atoms with Crippen LogP contribution in [-0.2, 0) is 6.54 Å². The Balaban J connectivity index is 1.91. The van der Waals surface area contributed by atoms with Gasteiger partial charge in [0.1, 0.15) is 5.65 Å². The molecule has 17 heavy (non-hydrogen) atoms. The number of carbonyl (C=O) groups is 1. The lowest BCUT2D eigenvalue weighted by molar-refractivity contribution is 0.100. The predicted octanol–water partition coefficient (Wildman–Crippen LogP) is 1.34. The summed E-state index contributed by atoms with van der Waals surface area (Å²) < 4.78 is 3.88. The Morgan fingerprint density at radius 3 is 3.12 bits per heavy atom. The quantitative estimate of drug-likeness (QED) is 0.758. The van der Waals surface area contributed by atoms with Crippen molar-refractivity contribution in [2.24, 2.45) is 5.73 Å². The van der Waals surface area contributed by atoms with E-state index in [1.807, 2.05) is 29.0 Å². The van der Waals surface area contributed by atoms with Crippen LogP contribution in [0.2, 0.25) is 0 Å². The van der Waals surface area contributed by atoms with Gasteiger partial charge in [0.05, 0.1) is 18.3 Å². The van der Waals surface area contributed by atoms with Crippen molar-refractivity contribution in [3.8, 4) is 0 Å². The van der Waals surface area contributed by atoms with E-state index in [1.165, 1.54) is 11.3 Å². The first-order chi connectivity index (χ1) is 8.24. The van der Waals surface area contributed by atoms with Crippen LogP contribution in [0, 0.1) is 0 Å². The van der Waals surface area contributed by atoms with Gasteiger partial charge in [-0.1, -0.05) is 0 Å². The summed E-state index contributed by atoms with van der Waals surface area (Å²) in [6.07, 6.45) is 5.62.